The number of anilines is 1. The van der Waals surface area contributed by atoms with Crippen LogP contribution in [0.25, 0.3) is 11.6 Å². The highest BCUT2D eigenvalue weighted by Gasteiger charge is 2.19. The number of rotatable bonds is 3. The van der Waals surface area contributed by atoms with Gasteiger partial charge in [0.25, 0.3) is 0 Å². The normalized spacial score (nSPS) is 15.4. The van der Waals surface area contributed by atoms with Gasteiger partial charge in [0, 0.05) is 20.0 Å². The van der Waals surface area contributed by atoms with E-state index in [9.17, 15) is 0 Å². The number of piperidine rings is 1. The maximum absolute atomic E-state index is 5.14. The van der Waals surface area contributed by atoms with Crippen molar-refractivity contribution in [3.63, 3.8) is 0 Å². The van der Waals surface area contributed by atoms with Crippen molar-refractivity contribution < 1.29 is 9.26 Å². The van der Waals surface area contributed by atoms with Crippen LogP contribution in [0.4, 0.5) is 5.95 Å². The smallest absolute Gasteiger partial charge is 0.321 e. The van der Waals surface area contributed by atoms with Gasteiger partial charge in [-0.2, -0.15) is 19.9 Å². The number of aromatic nitrogens is 5. The summed E-state index contributed by atoms with van der Waals surface area (Å²) >= 11 is 0. The topological polar surface area (TPSA) is 90.1 Å². The van der Waals surface area contributed by atoms with E-state index in [1.165, 1.54) is 13.5 Å². The molecule has 0 atom stereocenters. The van der Waals surface area contributed by atoms with E-state index in [1.807, 2.05) is 0 Å². The monoisotopic (exact) mass is 276 g/mol. The van der Waals surface area contributed by atoms with E-state index in [0.29, 0.717) is 23.5 Å². The van der Waals surface area contributed by atoms with Gasteiger partial charge in [0.1, 0.15) is 0 Å². The Balaban J connectivity index is 1.97. The fraction of sp³-hybridized carbons (Fsp3) is 0.583. The summed E-state index contributed by atoms with van der Waals surface area (Å²) in [6.07, 6.45) is 3.53. The summed E-state index contributed by atoms with van der Waals surface area (Å²) in [5, 5.41) is 3.83. The molecule has 1 fully saturated rings. The molecule has 0 unspecified atom stereocenters. The Morgan fingerprint density at radius 3 is 2.45 bits per heavy atom. The number of nitrogens with zero attached hydrogens (tertiary/aromatic N) is 6. The van der Waals surface area contributed by atoms with Crippen molar-refractivity contribution in [2.75, 3.05) is 25.1 Å². The zero-order valence-electron chi connectivity index (χ0n) is 11.5. The molecule has 0 amide bonds. The molecule has 0 saturated carbocycles. The van der Waals surface area contributed by atoms with E-state index in [-0.39, 0.29) is 6.01 Å². The highest BCUT2D eigenvalue weighted by atomic mass is 16.5. The Bertz CT molecular complexity index is 593. The lowest BCUT2D eigenvalue weighted by Crippen LogP contribution is -2.31. The molecule has 106 valence electrons. The van der Waals surface area contributed by atoms with Crippen molar-refractivity contribution >= 4 is 5.95 Å². The third-order valence-corrected chi connectivity index (χ3v) is 3.15. The first-order valence-electron chi connectivity index (χ1n) is 6.62. The van der Waals surface area contributed by atoms with Crippen LogP contribution in [0.1, 0.15) is 25.2 Å². The van der Waals surface area contributed by atoms with E-state index in [1.54, 1.807) is 6.92 Å². The van der Waals surface area contributed by atoms with Gasteiger partial charge in [0.05, 0.1) is 7.11 Å². The molecule has 3 heterocycles. The summed E-state index contributed by atoms with van der Waals surface area (Å²) in [5.74, 6) is 1.80. The number of hydrogen-bond donors (Lipinski definition) is 0. The molecule has 0 spiro atoms. The average molecular weight is 276 g/mol. The third-order valence-electron chi connectivity index (χ3n) is 3.15. The molecule has 1 saturated heterocycles. The van der Waals surface area contributed by atoms with Crippen LogP contribution in [0, 0.1) is 6.92 Å². The summed E-state index contributed by atoms with van der Waals surface area (Å²) in [7, 11) is 1.53. The molecule has 0 aliphatic carbocycles. The minimum Gasteiger partial charge on any atom is -0.467 e. The van der Waals surface area contributed by atoms with E-state index >= 15 is 0 Å². The van der Waals surface area contributed by atoms with E-state index in [0.717, 1.165) is 25.9 Å². The fourth-order valence-corrected chi connectivity index (χ4v) is 2.16. The van der Waals surface area contributed by atoms with Crippen molar-refractivity contribution in [1.82, 2.24) is 25.1 Å². The zero-order valence-corrected chi connectivity index (χ0v) is 11.5. The van der Waals surface area contributed by atoms with Gasteiger partial charge in [-0.05, 0) is 19.3 Å². The highest BCUT2D eigenvalue weighted by Crippen LogP contribution is 2.21. The van der Waals surface area contributed by atoms with Gasteiger partial charge in [0.2, 0.25) is 23.5 Å². The second-order valence-electron chi connectivity index (χ2n) is 4.63. The van der Waals surface area contributed by atoms with Crippen molar-refractivity contribution in [1.29, 1.82) is 0 Å². The van der Waals surface area contributed by atoms with Gasteiger partial charge in [-0.1, -0.05) is 5.16 Å². The molecule has 0 N–H and O–H groups in total. The maximum Gasteiger partial charge on any atom is 0.321 e. The molecule has 0 radical (unpaired) electrons. The first kappa shape index (κ1) is 12.8. The van der Waals surface area contributed by atoms with Gasteiger partial charge >= 0.3 is 6.01 Å². The largest absolute Gasteiger partial charge is 0.467 e. The SMILES string of the molecule is COc1nc(-c2noc(C)n2)nc(N2CCCCC2)n1. The average Bonchev–Trinajstić information content (AvgIpc) is 2.94. The van der Waals surface area contributed by atoms with E-state index in [4.69, 9.17) is 9.26 Å². The quantitative estimate of drug-likeness (QED) is 0.826. The number of aryl methyl sites for hydroxylation is 1. The van der Waals surface area contributed by atoms with Crippen molar-refractivity contribution in [3.05, 3.63) is 5.89 Å². The van der Waals surface area contributed by atoms with E-state index < -0.39 is 0 Å². The Kier molecular flexibility index (Phi) is 3.44. The summed E-state index contributed by atoms with van der Waals surface area (Å²) in [6, 6.07) is 0.262. The molecular formula is C12H16N6O2. The van der Waals surface area contributed by atoms with Crippen LogP contribution >= 0.6 is 0 Å². The highest BCUT2D eigenvalue weighted by molar-refractivity contribution is 5.46. The number of methoxy groups -OCH3 is 1. The van der Waals surface area contributed by atoms with Crippen LogP contribution in [0.2, 0.25) is 0 Å². The lowest BCUT2D eigenvalue weighted by Gasteiger charge is -2.26. The van der Waals surface area contributed by atoms with Crippen LogP contribution in [0.15, 0.2) is 4.52 Å². The van der Waals surface area contributed by atoms with Crippen molar-refractivity contribution in [2.45, 2.75) is 26.2 Å². The molecule has 20 heavy (non-hydrogen) atoms. The van der Waals surface area contributed by atoms with Crippen LogP contribution in [-0.2, 0) is 0 Å². The zero-order chi connectivity index (χ0) is 13.9. The molecule has 2 aromatic rings. The van der Waals surface area contributed by atoms with Gasteiger partial charge < -0.3 is 14.2 Å². The van der Waals surface area contributed by atoms with Gasteiger partial charge in [-0.25, -0.2) is 0 Å². The standard InChI is InChI=1S/C12H16N6O2/c1-8-13-10(17-20-8)9-14-11(16-12(15-9)19-2)18-6-4-3-5-7-18/h3-7H2,1-2H3. The van der Waals surface area contributed by atoms with Gasteiger partial charge in [-0.15, -0.1) is 0 Å². The molecule has 8 nitrogen and oxygen atoms in total. The van der Waals surface area contributed by atoms with E-state index in [2.05, 4.69) is 30.0 Å². The molecule has 1 aliphatic rings. The Hall–Kier alpha value is -2.25. The summed E-state index contributed by atoms with van der Waals surface area (Å²) in [5.41, 5.74) is 0. The lowest BCUT2D eigenvalue weighted by atomic mass is 10.1. The molecule has 0 aromatic carbocycles. The molecular weight excluding hydrogens is 260 g/mol. The number of hydrogen-bond acceptors (Lipinski definition) is 8. The second kappa shape index (κ2) is 5.40. The number of ether oxygens (including phenoxy) is 1. The Morgan fingerprint density at radius 2 is 1.80 bits per heavy atom. The first-order valence-corrected chi connectivity index (χ1v) is 6.62. The first-order chi connectivity index (χ1) is 9.76. The lowest BCUT2D eigenvalue weighted by molar-refractivity contribution is 0.377. The Morgan fingerprint density at radius 1 is 1.00 bits per heavy atom. The van der Waals surface area contributed by atoms with Crippen molar-refractivity contribution in [3.8, 4) is 17.7 Å². The summed E-state index contributed by atoms with van der Waals surface area (Å²) in [4.78, 5) is 19.2. The van der Waals surface area contributed by atoms with Crippen molar-refractivity contribution in [2.24, 2.45) is 0 Å². The van der Waals surface area contributed by atoms with Crippen LogP contribution < -0.4 is 9.64 Å². The van der Waals surface area contributed by atoms with Gasteiger partial charge in [-0.3, -0.25) is 0 Å². The third kappa shape index (κ3) is 2.54. The maximum atomic E-state index is 5.14. The minimum absolute atomic E-state index is 0.262. The van der Waals surface area contributed by atoms with Gasteiger partial charge in [0.15, 0.2) is 0 Å². The van der Waals surface area contributed by atoms with Crippen LogP contribution in [0.5, 0.6) is 6.01 Å². The predicted molar refractivity (Wildman–Crippen MR) is 70.5 cm³/mol. The predicted octanol–water partition coefficient (Wildman–Crippen LogP) is 1.23. The molecule has 3 rings (SSSR count). The molecule has 1 aliphatic heterocycles. The Labute approximate surface area is 116 Å². The minimum atomic E-state index is 0.262. The fourth-order valence-electron chi connectivity index (χ4n) is 2.16. The molecule has 0 bridgehead atoms. The second-order valence-corrected chi connectivity index (χ2v) is 4.63. The molecule has 2 aromatic heterocycles. The van der Waals surface area contributed by atoms with Crippen LogP contribution in [-0.4, -0.2) is 45.3 Å². The molecule has 8 heteroatoms. The summed E-state index contributed by atoms with van der Waals surface area (Å²) < 4.78 is 10.1. The van der Waals surface area contributed by atoms with Crippen LogP contribution in [0.3, 0.4) is 0 Å². The summed E-state index contributed by atoms with van der Waals surface area (Å²) in [6.45, 7) is 3.61.